The molecule has 164 valence electrons. The largest absolute Gasteiger partial charge is 0.461 e. The smallest absolute Gasteiger partial charge is 0.306 e. The van der Waals surface area contributed by atoms with E-state index in [1.165, 1.54) is 27.9 Å². The van der Waals surface area contributed by atoms with Crippen LogP contribution in [0.5, 0.6) is 0 Å². The summed E-state index contributed by atoms with van der Waals surface area (Å²) in [6, 6.07) is 0. The topological polar surface area (TPSA) is 26.3 Å². The van der Waals surface area contributed by atoms with E-state index in [1.54, 1.807) is 0 Å². The van der Waals surface area contributed by atoms with Gasteiger partial charge in [-0.1, -0.05) is 52.2 Å². The Morgan fingerprint density at radius 2 is 0.931 bits per heavy atom. The van der Waals surface area contributed by atoms with Gasteiger partial charge in [0.05, 0.1) is 0 Å². The summed E-state index contributed by atoms with van der Waals surface area (Å²) >= 11 is 0. The van der Waals surface area contributed by atoms with Crippen LogP contribution >= 0.6 is 0 Å². The average Bonchev–Trinajstić information content (AvgIpc) is 2.61. The molecule has 0 aliphatic heterocycles. The van der Waals surface area contributed by atoms with E-state index in [1.807, 2.05) is 6.08 Å². The molecule has 29 heavy (non-hydrogen) atoms. The van der Waals surface area contributed by atoms with E-state index >= 15 is 0 Å². The van der Waals surface area contributed by atoms with E-state index in [4.69, 9.17) is 4.74 Å². The molecule has 0 aromatic rings. The minimum Gasteiger partial charge on any atom is -0.461 e. The molecule has 0 amide bonds. The average molecular weight is 401 g/mol. The quantitative estimate of drug-likeness (QED) is 0.216. The summed E-state index contributed by atoms with van der Waals surface area (Å²) in [6.07, 6.45) is 18.8. The Kier molecular flexibility index (Phi) is 16.0. The van der Waals surface area contributed by atoms with Crippen LogP contribution in [-0.2, 0) is 9.53 Å². The van der Waals surface area contributed by atoms with Crippen molar-refractivity contribution in [2.45, 2.75) is 99.8 Å². The molecule has 0 N–H and O–H groups in total. The summed E-state index contributed by atoms with van der Waals surface area (Å²) in [5, 5.41) is 0. The van der Waals surface area contributed by atoms with Crippen molar-refractivity contribution < 1.29 is 9.53 Å². The SMILES string of the molecule is CC(C)=CCC/C(C)=C\CC/C(C)=C\CCC(=O)OC/C=C(/C)CCC=C(C)C. The predicted octanol–water partition coefficient (Wildman–Crippen LogP) is 8.42. The van der Waals surface area contributed by atoms with Gasteiger partial charge < -0.3 is 4.74 Å². The second kappa shape index (κ2) is 17.1. The van der Waals surface area contributed by atoms with E-state index in [-0.39, 0.29) is 5.97 Å². The van der Waals surface area contributed by atoms with Crippen LogP contribution < -0.4 is 0 Å². The Bertz CT molecular complexity index is 619. The zero-order valence-corrected chi connectivity index (χ0v) is 20.1. The highest BCUT2D eigenvalue weighted by atomic mass is 16.5. The highest BCUT2D eigenvalue weighted by Crippen LogP contribution is 2.12. The molecule has 0 aliphatic carbocycles. The summed E-state index contributed by atoms with van der Waals surface area (Å²) < 4.78 is 5.31. The highest BCUT2D eigenvalue weighted by Gasteiger charge is 2.01. The number of allylic oxidation sites excluding steroid dienone is 9. The van der Waals surface area contributed by atoms with E-state index in [9.17, 15) is 4.79 Å². The summed E-state index contributed by atoms with van der Waals surface area (Å²) in [7, 11) is 0. The van der Waals surface area contributed by atoms with Crippen LogP contribution in [0, 0.1) is 0 Å². The Labute approximate surface area is 180 Å². The molecule has 0 heterocycles. The van der Waals surface area contributed by atoms with Crippen molar-refractivity contribution in [3.05, 3.63) is 58.2 Å². The molecular formula is C27H44O2. The van der Waals surface area contributed by atoms with Gasteiger partial charge in [0.2, 0.25) is 0 Å². The maximum Gasteiger partial charge on any atom is 0.306 e. The zero-order chi connectivity index (χ0) is 22.1. The van der Waals surface area contributed by atoms with Gasteiger partial charge in [-0.25, -0.2) is 0 Å². The standard InChI is InChI=1S/C27H44O2/c1-22(2)12-8-14-24(5)16-10-17-25(6)18-11-19-27(28)29-21-20-26(7)15-9-13-23(3)4/h12-13,16,18,20H,8-11,14-15,17,19,21H2,1-7H3/b24-16-,25-18-,26-20-. The second-order valence-corrected chi connectivity index (χ2v) is 8.55. The van der Waals surface area contributed by atoms with E-state index < -0.39 is 0 Å². The predicted molar refractivity (Wildman–Crippen MR) is 128 cm³/mol. The van der Waals surface area contributed by atoms with Crippen LogP contribution in [0.3, 0.4) is 0 Å². The van der Waals surface area contributed by atoms with Gasteiger partial charge in [0, 0.05) is 6.42 Å². The van der Waals surface area contributed by atoms with Crippen molar-refractivity contribution in [2.24, 2.45) is 0 Å². The van der Waals surface area contributed by atoms with E-state index in [0.717, 1.165) is 44.9 Å². The first-order valence-electron chi connectivity index (χ1n) is 11.1. The van der Waals surface area contributed by atoms with Crippen LogP contribution in [0.2, 0.25) is 0 Å². The molecule has 0 saturated carbocycles. The molecule has 0 aromatic heterocycles. The normalized spacial score (nSPS) is 12.6. The van der Waals surface area contributed by atoms with Crippen LogP contribution in [0.1, 0.15) is 99.8 Å². The van der Waals surface area contributed by atoms with Gasteiger partial charge >= 0.3 is 5.97 Å². The molecule has 0 saturated heterocycles. The van der Waals surface area contributed by atoms with Crippen LogP contribution in [0.25, 0.3) is 0 Å². The van der Waals surface area contributed by atoms with Gasteiger partial charge in [-0.2, -0.15) is 0 Å². The van der Waals surface area contributed by atoms with Gasteiger partial charge in [0.25, 0.3) is 0 Å². The number of hydrogen-bond donors (Lipinski definition) is 0. The lowest BCUT2D eigenvalue weighted by molar-refractivity contribution is -0.142. The fourth-order valence-electron chi connectivity index (χ4n) is 2.81. The Morgan fingerprint density at radius 1 is 0.552 bits per heavy atom. The molecular weight excluding hydrogens is 356 g/mol. The van der Waals surface area contributed by atoms with Crippen molar-refractivity contribution in [2.75, 3.05) is 6.61 Å². The first-order chi connectivity index (χ1) is 13.7. The second-order valence-electron chi connectivity index (χ2n) is 8.55. The third-order valence-corrected chi connectivity index (χ3v) is 4.73. The Balaban J connectivity index is 3.99. The Morgan fingerprint density at radius 3 is 1.38 bits per heavy atom. The van der Waals surface area contributed by atoms with Gasteiger partial charge in [0.1, 0.15) is 6.61 Å². The van der Waals surface area contributed by atoms with Gasteiger partial charge in [-0.05, 0) is 99.5 Å². The van der Waals surface area contributed by atoms with Crippen LogP contribution in [-0.4, -0.2) is 12.6 Å². The molecule has 0 unspecified atom stereocenters. The monoisotopic (exact) mass is 400 g/mol. The zero-order valence-electron chi connectivity index (χ0n) is 20.1. The van der Waals surface area contributed by atoms with Crippen LogP contribution in [0.4, 0.5) is 0 Å². The van der Waals surface area contributed by atoms with Crippen molar-refractivity contribution in [1.82, 2.24) is 0 Å². The minimum atomic E-state index is -0.114. The van der Waals surface area contributed by atoms with Gasteiger partial charge in [0.15, 0.2) is 0 Å². The van der Waals surface area contributed by atoms with E-state index in [2.05, 4.69) is 72.8 Å². The molecule has 0 spiro atoms. The Hall–Kier alpha value is -1.83. The van der Waals surface area contributed by atoms with Crippen molar-refractivity contribution in [1.29, 1.82) is 0 Å². The molecule has 2 heteroatoms. The summed E-state index contributed by atoms with van der Waals surface area (Å²) in [4.78, 5) is 11.9. The minimum absolute atomic E-state index is 0.114. The fourth-order valence-corrected chi connectivity index (χ4v) is 2.81. The van der Waals surface area contributed by atoms with Gasteiger partial charge in [-0.15, -0.1) is 0 Å². The molecule has 0 radical (unpaired) electrons. The number of rotatable bonds is 14. The number of ether oxygens (including phenoxy) is 1. The van der Waals surface area contributed by atoms with Crippen molar-refractivity contribution in [3.8, 4) is 0 Å². The summed E-state index contributed by atoms with van der Waals surface area (Å²) in [6.45, 7) is 15.4. The number of carbonyl (C=O) groups excluding carboxylic acids is 1. The maximum atomic E-state index is 11.9. The first-order valence-corrected chi connectivity index (χ1v) is 11.1. The molecule has 0 fully saturated rings. The number of carbonyl (C=O) groups is 1. The number of hydrogen-bond acceptors (Lipinski definition) is 2. The lowest BCUT2D eigenvalue weighted by Crippen LogP contribution is -2.04. The molecule has 0 rings (SSSR count). The van der Waals surface area contributed by atoms with Gasteiger partial charge in [-0.3, -0.25) is 4.79 Å². The van der Waals surface area contributed by atoms with E-state index in [0.29, 0.717) is 13.0 Å². The number of esters is 1. The third-order valence-electron chi connectivity index (χ3n) is 4.73. The summed E-state index contributed by atoms with van der Waals surface area (Å²) in [5.74, 6) is -0.114. The molecule has 0 atom stereocenters. The molecule has 0 aliphatic rings. The molecule has 0 aromatic carbocycles. The molecule has 0 bridgehead atoms. The van der Waals surface area contributed by atoms with Crippen molar-refractivity contribution >= 4 is 5.97 Å². The lowest BCUT2D eigenvalue weighted by atomic mass is 10.1. The lowest BCUT2D eigenvalue weighted by Gasteiger charge is -2.04. The summed E-state index contributed by atoms with van der Waals surface area (Å²) in [5.41, 5.74) is 6.82. The maximum absolute atomic E-state index is 11.9. The highest BCUT2D eigenvalue weighted by molar-refractivity contribution is 5.69. The third kappa shape index (κ3) is 19.3. The van der Waals surface area contributed by atoms with Crippen LogP contribution in [0.15, 0.2) is 58.2 Å². The fraction of sp³-hybridized carbons (Fsp3) is 0.593. The molecule has 2 nitrogen and oxygen atoms in total. The first kappa shape index (κ1) is 27.2. The van der Waals surface area contributed by atoms with Crippen molar-refractivity contribution in [3.63, 3.8) is 0 Å².